The van der Waals surface area contributed by atoms with Crippen LogP contribution in [-0.4, -0.2) is 19.1 Å². The molecule has 0 spiro atoms. The third-order valence-corrected chi connectivity index (χ3v) is 13.7. The Hall–Kier alpha value is -9.32. The van der Waals surface area contributed by atoms with Crippen LogP contribution >= 0.6 is 0 Å². The van der Waals surface area contributed by atoms with Gasteiger partial charge in [-0.1, -0.05) is 164 Å². The molecule has 69 heavy (non-hydrogen) atoms. The van der Waals surface area contributed by atoms with Crippen LogP contribution in [0.5, 0.6) is 0 Å². The average Bonchev–Trinajstić information content (AvgIpc) is 4.09. The van der Waals surface area contributed by atoms with Gasteiger partial charge in [0.2, 0.25) is 0 Å². The van der Waals surface area contributed by atoms with Gasteiger partial charge in [0.15, 0.2) is 5.82 Å². The van der Waals surface area contributed by atoms with Gasteiger partial charge in [-0.2, -0.15) is 0 Å². The lowest BCUT2D eigenvalue weighted by Gasteiger charge is -2.09. The summed E-state index contributed by atoms with van der Waals surface area (Å²) in [6.45, 7) is 0. The quantitative estimate of drug-likeness (QED) is 0.160. The first-order valence-corrected chi connectivity index (χ1v) is 23.4. The van der Waals surface area contributed by atoms with E-state index in [1.165, 1.54) is 43.7 Å². The van der Waals surface area contributed by atoms with Gasteiger partial charge in [-0.25, -0.2) is 9.97 Å². The van der Waals surface area contributed by atoms with Crippen molar-refractivity contribution in [3.05, 3.63) is 243 Å². The maximum absolute atomic E-state index is 7.09. The van der Waals surface area contributed by atoms with Gasteiger partial charge >= 0.3 is 0 Å². The van der Waals surface area contributed by atoms with Gasteiger partial charge in [-0.05, 0) is 95.6 Å². The van der Waals surface area contributed by atoms with E-state index in [4.69, 9.17) is 14.4 Å². The van der Waals surface area contributed by atoms with Crippen molar-refractivity contribution < 1.29 is 4.42 Å². The van der Waals surface area contributed by atoms with E-state index >= 15 is 0 Å². The number of para-hydroxylation sites is 5. The van der Waals surface area contributed by atoms with Crippen molar-refractivity contribution in [2.24, 2.45) is 0 Å². The first-order valence-electron chi connectivity index (χ1n) is 23.4. The minimum Gasteiger partial charge on any atom is -0.455 e. The zero-order valence-electron chi connectivity index (χ0n) is 37.3. The summed E-state index contributed by atoms with van der Waals surface area (Å²) in [6, 6.07) is 86.2. The molecule has 0 amide bonds. The fourth-order valence-corrected chi connectivity index (χ4v) is 10.5. The molecule has 322 valence electrons. The SMILES string of the molecule is c1ccc(-c2cc(-c3cccc4c3oc3c(-c5ccc6c(c5)c5cc(-c7ccc8c(c7)c7ccccc7n8-c7ccccc7)ccc5n6-c5ccccc5)cccc34)nc(-c3ccccc3)n2)cc1. The van der Waals surface area contributed by atoms with Crippen molar-refractivity contribution in [1.82, 2.24) is 19.1 Å². The molecule has 0 N–H and O–H groups in total. The summed E-state index contributed by atoms with van der Waals surface area (Å²) in [5.41, 5.74) is 17.6. The second-order valence-corrected chi connectivity index (χ2v) is 17.7. The van der Waals surface area contributed by atoms with Gasteiger partial charge in [0.1, 0.15) is 11.2 Å². The summed E-state index contributed by atoms with van der Waals surface area (Å²) in [4.78, 5) is 10.2. The number of hydrogen-bond donors (Lipinski definition) is 0. The van der Waals surface area contributed by atoms with Gasteiger partial charge < -0.3 is 13.6 Å². The summed E-state index contributed by atoms with van der Waals surface area (Å²) >= 11 is 0. The Kier molecular flexibility index (Phi) is 8.83. The molecule has 5 heteroatoms. The van der Waals surface area contributed by atoms with Gasteiger partial charge in [0.25, 0.3) is 0 Å². The van der Waals surface area contributed by atoms with E-state index in [0.717, 1.165) is 83.6 Å². The van der Waals surface area contributed by atoms with Crippen molar-refractivity contribution >= 4 is 65.6 Å². The van der Waals surface area contributed by atoms with Gasteiger partial charge in [-0.15, -0.1) is 0 Å². The van der Waals surface area contributed by atoms with Crippen molar-refractivity contribution in [3.8, 4) is 67.5 Å². The molecule has 0 atom stereocenters. The van der Waals surface area contributed by atoms with Crippen LogP contribution < -0.4 is 0 Å². The standard InChI is InChI=1S/C64H40N4O/c1-5-17-41(18-6-1)56-40-57(66-64(65-56)42-19-7-2-8-20-42)52-29-16-28-51-50-27-15-26-48(62(50)69-63(51)52)45-33-36-61-55(39-45)54-38-44(32-35-60(54)68(61)47-23-11-4-12-24-47)43-31-34-59-53(37-43)49-25-13-14-30-58(49)67(59)46-21-9-3-10-22-46/h1-40H. The second-order valence-electron chi connectivity index (χ2n) is 17.7. The highest BCUT2D eigenvalue weighted by Crippen LogP contribution is 2.43. The molecule has 14 aromatic rings. The summed E-state index contributed by atoms with van der Waals surface area (Å²) in [6.07, 6.45) is 0. The Bertz CT molecular complexity index is 4230. The summed E-state index contributed by atoms with van der Waals surface area (Å²) in [5, 5.41) is 6.93. The minimum absolute atomic E-state index is 0.670. The molecule has 5 nitrogen and oxygen atoms in total. The molecular formula is C64H40N4O. The Labute approximate surface area is 397 Å². The van der Waals surface area contributed by atoms with Crippen LogP contribution in [0.2, 0.25) is 0 Å². The first kappa shape index (κ1) is 38.9. The van der Waals surface area contributed by atoms with E-state index in [0.29, 0.717) is 5.82 Å². The fourth-order valence-electron chi connectivity index (χ4n) is 10.5. The zero-order valence-corrected chi connectivity index (χ0v) is 37.3. The number of fused-ring (bicyclic) bond motifs is 9. The molecule has 0 aliphatic heterocycles. The molecule has 0 radical (unpaired) electrons. The second kappa shape index (κ2) is 15.7. The normalized spacial score (nSPS) is 11.8. The molecule has 0 aliphatic rings. The lowest BCUT2D eigenvalue weighted by Crippen LogP contribution is -1.96. The lowest BCUT2D eigenvalue weighted by atomic mass is 9.98. The summed E-state index contributed by atoms with van der Waals surface area (Å²) in [7, 11) is 0. The number of furan rings is 1. The number of aromatic nitrogens is 4. The molecule has 4 aromatic heterocycles. The third-order valence-electron chi connectivity index (χ3n) is 13.7. The fraction of sp³-hybridized carbons (Fsp3) is 0. The lowest BCUT2D eigenvalue weighted by molar-refractivity contribution is 0.671. The van der Waals surface area contributed by atoms with Gasteiger partial charge in [0, 0.05) is 65.9 Å². The highest BCUT2D eigenvalue weighted by molar-refractivity contribution is 6.16. The van der Waals surface area contributed by atoms with E-state index in [2.05, 4.69) is 215 Å². The number of hydrogen-bond acceptors (Lipinski definition) is 3. The van der Waals surface area contributed by atoms with Crippen LogP contribution in [0, 0.1) is 0 Å². The van der Waals surface area contributed by atoms with Crippen LogP contribution in [-0.2, 0) is 0 Å². The highest BCUT2D eigenvalue weighted by Gasteiger charge is 2.21. The highest BCUT2D eigenvalue weighted by atomic mass is 16.3. The molecule has 0 bridgehead atoms. The molecule has 0 aliphatic carbocycles. The number of benzene rings is 10. The zero-order chi connectivity index (χ0) is 45.4. The predicted octanol–water partition coefficient (Wildman–Crippen LogP) is 16.9. The van der Waals surface area contributed by atoms with Crippen molar-refractivity contribution in [2.45, 2.75) is 0 Å². The Balaban J connectivity index is 0.939. The van der Waals surface area contributed by atoms with Crippen LogP contribution in [0.3, 0.4) is 0 Å². The molecule has 10 aromatic carbocycles. The van der Waals surface area contributed by atoms with Crippen LogP contribution in [0.4, 0.5) is 0 Å². The van der Waals surface area contributed by atoms with E-state index in [1.807, 2.05) is 36.4 Å². The largest absolute Gasteiger partial charge is 0.455 e. The molecule has 4 heterocycles. The summed E-state index contributed by atoms with van der Waals surface area (Å²) < 4.78 is 11.9. The molecule has 0 saturated heterocycles. The topological polar surface area (TPSA) is 48.8 Å². The molecule has 14 rings (SSSR count). The number of nitrogens with zero attached hydrogens (tertiary/aromatic N) is 4. The van der Waals surface area contributed by atoms with Crippen LogP contribution in [0.1, 0.15) is 0 Å². The summed E-state index contributed by atoms with van der Waals surface area (Å²) in [5.74, 6) is 0.670. The molecule has 0 unspecified atom stereocenters. The van der Waals surface area contributed by atoms with E-state index in [1.54, 1.807) is 0 Å². The maximum Gasteiger partial charge on any atom is 0.160 e. The van der Waals surface area contributed by atoms with Crippen LogP contribution in [0.25, 0.3) is 133 Å². The third kappa shape index (κ3) is 6.32. The molecule has 0 saturated carbocycles. The number of rotatable bonds is 7. The molecule has 0 fully saturated rings. The van der Waals surface area contributed by atoms with Crippen molar-refractivity contribution in [1.29, 1.82) is 0 Å². The van der Waals surface area contributed by atoms with E-state index in [-0.39, 0.29) is 0 Å². The van der Waals surface area contributed by atoms with Crippen molar-refractivity contribution in [2.75, 3.05) is 0 Å². The first-order chi connectivity index (χ1) is 34.2. The smallest absolute Gasteiger partial charge is 0.160 e. The average molecular weight is 881 g/mol. The molecular weight excluding hydrogens is 841 g/mol. The Morgan fingerprint density at radius 3 is 1.32 bits per heavy atom. The minimum atomic E-state index is 0.670. The predicted molar refractivity (Wildman–Crippen MR) is 285 cm³/mol. The van der Waals surface area contributed by atoms with E-state index in [9.17, 15) is 0 Å². The Morgan fingerprint density at radius 1 is 0.275 bits per heavy atom. The maximum atomic E-state index is 7.09. The van der Waals surface area contributed by atoms with Gasteiger partial charge in [0.05, 0.1) is 33.5 Å². The van der Waals surface area contributed by atoms with Gasteiger partial charge in [-0.3, -0.25) is 0 Å². The van der Waals surface area contributed by atoms with Crippen molar-refractivity contribution in [3.63, 3.8) is 0 Å². The van der Waals surface area contributed by atoms with E-state index < -0.39 is 0 Å². The van der Waals surface area contributed by atoms with Crippen LogP contribution in [0.15, 0.2) is 247 Å². The Morgan fingerprint density at radius 2 is 0.710 bits per heavy atom. The monoisotopic (exact) mass is 880 g/mol.